The van der Waals surface area contributed by atoms with Gasteiger partial charge in [0.1, 0.15) is 0 Å². The van der Waals surface area contributed by atoms with Crippen LogP contribution in [-0.2, 0) is 21.4 Å². The van der Waals surface area contributed by atoms with Crippen molar-refractivity contribution in [3.05, 3.63) is 60.3 Å². The van der Waals surface area contributed by atoms with Crippen LogP contribution in [0.4, 0.5) is 5.69 Å². The van der Waals surface area contributed by atoms with Crippen LogP contribution in [0.5, 0.6) is 0 Å². The van der Waals surface area contributed by atoms with E-state index in [-0.39, 0.29) is 29.6 Å². The first-order valence-corrected chi connectivity index (χ1v) is 12.9. The van der Waals surface area contributed by atoms with E-state index in [4.69, 9.17) is 0 Å². The Kier molecular flexibility index (Phi) is 8.60. The molecule has 182 valence electrons. The molecule has 0 unspecified atom stereocenters. The van der Waals surface area contributed by atoms with Crippen molar-refractivity contribution in [1.82, 2.24) is 14.2 Å². The first-order chi connectivity index (χ1) is 16.2. The molecule has 1 amide bonds. The van der Waals surface area contributed by atoms with Crippen LogP contribution in [-0.4, -0.2) is 55.8 Å². The predicted octanol–water partition coefficient (Wildman–Crippen LogP) is 3.49. The fourth-order valence-corrected chi connectivity index (χ4v) is 4.77. The molecule has 9 heteroatoms. The highest BCUT2D eigenvalue weighted by molar-refractivity contribution is 7.89. The maximum Gasteiger partial charge on any atom is 0.240 e. The van der Waals surface area contributed by atoms with Gasteiger partial charge in [-0.3, -0.25) is 9.59 Å². The lowest BCUT2D eigenvalue weighted by Gasteiger charge is -2.18. The molecule has 0 radical (unpaired) electrons. The second kappa shape index (κ2) is 11.4. The Balaban J connectivity index is 1.53. The second-order valence-electron chi connectivity index (χ2n) is 8.09. The second-order valence-corrected chi connectivity index (χ2v) is 9.85. The third kappa shape index (κ3) is 6.53. The number of Topliss-reactive ketones (excluding diaryl/α,β-unsaturated/α-hetero) is 1. The van der Waals surface area contributed by atoms with Gasteiger partial charge in [0.15, 0.2) is 5.78 Å². The molecule has 3 aromatic rings. The first kappa shape index (κ1) is 25.6. The van der Waals surface area contributed by atoms with Crippen LogP contribution >= 0.6 is 0 Å². The average molecular weight is 485 g/mol. The third-order valence-electron chi connectivity index (χ3n) is 5.82. The highest BCUT2D eigenvalue weighted by Gasteiger charge is 2.15. The lowest BCUT2D eigenvalue weighted by molar-refractivity contribution is -0.116. The van der Waals surface area contributed by atoms with Gasteiger partial charge >= 0.3 is 0 Å². The highest BCUT2D eigenvalue weighted by Crippen LogP contribution is 2.21. The molecule has 0 atom stereocenters. The Morgan fingerprint density at radius 3 is 2.35 bits per heavy atom. The summed E-state index contributed by atoms with van der Waals surface area (Å²) in [6.07, 6.45) is 2.05. The highest BCUT2D eigenvalue weighted by atomic mass is 32.2. The van der Waals surface area contributed by atoms with Gasteiger partial charge in [-0.05, 0) is 56.4 Å². The summed E-state index contributed by atoms with van der Waals surface area (Å²) >= 11 is 0. The minimum atomic E-state index is -3.76. The smallest absolute Gasteiger partial charge is 0.240 e. The van der Waals surface area contributed by atoms with Gasteiger partial charge < -0.3 is 14.8 Å². The normalized spacial score (nSPS) is 11.8. The van der Waals surface area contributed by atoms with Crippen LogP contribution in [0.2, 0.25) is 0 Å². The number of rotatable bonds is 12. The molecule has 1 aromatic heterocycles. The van der Waals surface area contributed by atoms with E-state index < -0.39 is 10.0 Å². The van der Waals surface area contributed by atoms with E-state index in [0.717, 1.165) is 37.1 Å². The van der Waals surface area contributed by atoms with Crippen molar-refractivity contribution in [2.75, 3.05) is 31.5 Å². The molecular formula is C25H32N4O4S. The zero-order chi connectivity index (χ0) is 24.7. The SMILES string of the molecule is CCN(CC)CCn1ccc2cc(NC(=O)CCNS(=O)(=O)c3ccc(C(C)=O)cc3)ccc21. The number of fused-ring (bicyclic) bond motifs is 1. The third-order valence-corrected chi connectivity index (χ3v) is 7.30. The van der Waals surface area contributed by atoms with Gasteiger partial charge in [0, 0.05) is 54.4 Å². The van der Waals surface area contributed by atoms with E-state index in [1.807, 2.05) is 24.3 Å². The zero-order valence-electron chi connectivity index (χ0n) is 19.9. The summed E-state index contributed by atoms with van der Waals surface area (Å²) in [5, 5.41) is 3.86. The predicted molar refractivity (Wildman–Crippen MR) is 135 cm³/mol. The van der Waals surface area contributed by atoms with Crippen molar-refractivity contribution in [1.29, 1.82) is 0 Å². The molecule has 0 aliphatic rings. The molecule has 0 aliphatic carbocycles. The van der Waals surface area contributed by atoms with Crippen molar-refractivity contribution in [2.24, 2.45) is 0 Å². The molecule has 0 aliphatic heterocycles. The Hall–Kier alpha value is -3.01. The Morgan fingerprint density at radius 2 is 1.71 bits per heavy atom. The van der Waals surface area contributed by atoms with E-state index in [9.17, 15) is 18.0 Å². The van der Waals surface area contributed by atoms with Gasteiger partial charge in [0.2, 0.25) is 15.9 Å². The van der Waals surface area contributed by atoms with Gasteiger partial charge in [-0.15, -0.1) is 0 Å². The maximum absolute atomic E-state index is 12.4. The number of aromatic nitrogens is 1. The number of anilines is 1. The van der Waals surface area contributed by atoms with Gasteiger partial charge in [-0.1, -0.05) is 26.0 Å². The number of hydrogen-bond acceptors (Lipinski definition) is 5. The van der Waals surface area contributed by atoms with E-state index in [1.165, 1.54) is 31.2 Å². The quantitative estimate of drug-likeness (QED) is 0.383. The van der Waals surface area contributed by atoms with E-state index in [0.29, 0.717) is 11.3 Å². The number of hydrogen-bond donors (Lipinski definition) is 2. The topological polar surface area (TPSA) is 101 Å². The molecule has 0 bridgehead atoms. The summed E-state index contributed by atoms with van der Waals surface area (Å²) in [4.78, 5) is 26.1. The van der Waals surface area contributed by atoms with Crippen molar-refractivity contribution >= 4 is 38.3 Å². The van der Waals surface area contributed by atoms with Crippen LogP contribution in [0, 0.1) is 0 Å². The Morgan fingerprint density at radius 1 is 1.00 bits per heavy atom. The largest absolute Gasteiger partial charge is 0.346 e. The van der Waals surface area contributed by atoms with Crippen molar-refractivity contribution in [3.8, 4) is 0 Å². The molecule has 3 rings (SSSR count). The molecule has 8 nitrogen and oxygen atoms in total. The molecular weight excluding hydrogens is 452 g/mol. The number of nitrogens with one attached hydrogen (secondary N) is 2. The number of benzene rings is 2. The lowest BCUT2D eigenvalue weighted by atomic mass is 10.2. The minimum Gasteiger partial charge on any atom is -0.346 e. The van der Waals surface area contributed by atoms with Crippen LogP contribution in [0.15, 0.2) is 59.6 Å². The summed E-state index contributed by atoms with van der Waals surface area (Å²) in [6.45, 7) is 9.62. The van der Waals surface area contributed by atoms with Crippen molar-refractivity contribution in [3.63, 3.8) is 0 Å². The molecule has 0 spiro atoms. The summed E-state index contributed by atoms with van der Waals surface area (Å²) in [6, 6.07) is 13.5. The lowest BCUT2D eigenvalue weighted by Crippen LogP contribution is -2.27. The van der Waals surface area contributed by atoms with Crippen molar-refractivity contribution < 1.29 is 18.0 Å². The summed E-state index contributed by atoms with van der Waals surface area (Å²) in [7, 11) is -3.76. The Bertz CT molecular complexity index is 1250. The Labute approximate surface area is 201 Å². The maximum atomic E-state index is 12.4. The molecule has 0 saturated heterocycles. The molecule has 0 saturated carbocycles. The minimum absolute atomic E-state index is 0.00627. The molecule has 0 fully saturated rings. The number of carbonyl (C=O) groups excluding carboxylic acids is 2. The number of carbonyl (C=O) groups is 2. The standard InChI is InChI=1S/C25H32N4O4S/c1-4-28(5-2)16-17-29-15-13-21-18-22(8-11-24(21)29)27-25(31)12-14-26-34(32,33)23-9-6-20(7-10-23)19(3)30/h6-11,13,15,18,26H,4-5,12,14,16-17H2,1-3H3,(H,27,31). The number of likely N-dealkylation sites (N-methyl/N-ethyl adjacent to an activating group) is 1. The van der Waals surface area contributed by atoms with Crippen LogP contribution in [0.25, 0.3) is 10.9 Å². The molecule has 2 N–H and O–H groups in total. The van der Waals surface area contributed by atoms with E-state index >= 15 is 0 Å². The summed E-state index contributed by atoms with van der Waals surface area (Å²) in [5.41, 5.74) is 2.21. The van der Waals surface area contributed by atoms with Gasteiger partial charge in [-0.2, -0.15) is 0 Å². The van der Waals surface area contributed by atoms with Gasteiger partial charge in [-0.25, -0.2) is 13.1 Å². The number of ketones is 1. The first-order valence-electron chi connectivity index (χ1n) is 11.4. The van der Waals surface area contributed by atoms with Crippen LogP contribution in [0.1, 0.15) is 37.6 Å². The number of sulfonamides is 1. The van der Waals surface area contributed by atoms with E-state index in [1.54, 1.807) is 0 Å². The zero-order valence-corrected chi connectivity index (χ0v) is 20.7. The average Bonchev–Trinajstić information content (AvgIpc) is 3.22. The number of amides is 1. The molecule has 34 heavy (non-hydrogen) atoms. The number of nitrogens with zero attached hydrogens (tertiary/aromatic N) is 2. The summed E-state index contributed by atoms with van der Waals surface area (Å²) in [5.74, 6) is -0.419. The van der Waals surface area contributed by atoms with Gasteiger partial charge in [0.05, 0.1) is 4.90 Å². The molecule has 2 aromatic carbocycles. The van der Waals surface area contributed by atoms with Crippen LogP contribution < -0.4 is 10.0 Å². The monoisotopic (exact) mass is 484 g/mol. The van der Waals surface area contributed by atoms with E-state index in [2.05, 4.69) is 39.6 Å². The summed E-state index contributed by atoms with van der Waals surface area (Å²) < 4.78 is 29.4. The fraction of sp³-hybridized carbons (Fsp3) is 0.360. The van der Waals surface area contributed by atoms with Crippen molar-refractivity contribution in [2.45, 2.75) is 38.6 Å². The fourth-order valence-electron chi connectivity index (χ4n) is 3.74. The van der Waals surface area contributed by atoms with Crippen LogP contribution in [0.3, 0.4) is 0 Å². The molecule has 1 heterocycles. The van der Waals surface area contributed by atoms with Gasteiger partial charge in [0.25, 0.3) is 0 Å².